The average Bonchev–Trinajstić information content (AvgIpc) is 3.68. The summed E-state index contributed by atoms with van der Waals surface area (Å²) in [6.07, 6.45) is -1.90. The third kappa shape index (κ3) is 8.29. The fourth-order valence-corrected chi connectivity index (χ4v) is 8.31. The van der Waals surface area contributed by atoms with Gasteiger partial charge in [0.15, 0.2) is 11.6 Å². The topological polar surface area (TPSA) is 169 Å². The number of nitrogens with one attached hydrogen (secondary N) is 1. The van der Waals surface area contributed by atoms with Crippen LogP contribution in [0.5, 0.6) is 0 Å². The first-order chi connectivity index (χ1) is 26.3. The third-order valence-electron chi connectivity index (χ3n) is 10.4. The first-order valence-electron chi connectivity index (χ1n) is 18.2. The number of amides is 1. The van der Waals surface area contributed by atoms with E-state index in [0.29, 0.717) is 64.2 Å². The number of alkyl halides is 4. The molecule has 2 heterocycles. The van der Waals surface area contributed by atoms with Crippen molar-refractivity contribution >= 4 is 39.1 Å². The normalized spacial score (nSPS) is 19.8. The van der Waals surface area contributed by atoms with Crippen molar-refractivity contribution in [3.63, 3.8) is 0 Å². The summed E-state index contributed by atoms with van der Waals surface area (Å²) in [5, 5.41) is 30.2. The Hall–Kier alpha value is -4.88. The zero-order valence-electron chi connectivity index (χ0n) is 31.3. The van der Waals surface area contributed by atoms with Crippen LogP contribution >= 0.6 is 15.9 Å². The van der Waals surface area contributed by atoms with Crippen LogP contribution < -0.4 is 11.1 Å². The molecule has 7 rings (SSSR count). The second kappa shape index (κ2) is 15.6. The highest BCUT2D eigenvalue weighted by Crippen LogP contribution is 2.41. The number of rotatable bonds is 7. The van der Waals surface area contributed by atoms with Gasteiger partial charge in [-0.15, -0.1) is 0 Å². The highest BCUT2D eigenvalue weighted by molar-refractivity contribution is 9.10. The molecule has 0 aliphatic heterocycles. The van der Waals surface area contributed by atoms with E-state index in [9.17, 15) is 37.1 Å². The molecule has 0 bridgehead atoms. The number of carbonyl (C=O) groups is 3. The quantitative estimate of drug-likeness (QED) is 0.156. The van der Waals surface area contributed by atoms with Crippen molar-refractivity contribution in [3.05, 3.63) is 85.9 Å². The van der Waals surface area contributed by atoms with E-state index in [-0.39, 0.29) is 64.1 Å². The van der Waals surface area contributed by atoms with Gasteiger partial charge in [0.25, 0.3) is 18.8 Å². The number of aliphatic hydroxyl groups is 1. The molecular weight excluding hydrogens is 798 g/mol. The van der Waals surface area contributed by atoms with Crippen LogP contribution in [0.2, 0.25) is 0 Å². The number of anilines is 1. The second-order valence-electron chi connectivity index (χ2n) is 16.2. The fraction of sp³-hybridized carbons (Fsp3) is 0.450. The Balaban J connectivity index is 0.000000198. The van der Waals surface area contributed by atoms with Gasteiger partial charge in [0.1, 0.15) is 17.5 Å². The summed E-state index contributed by atoms with van der Waals surface area (Å²) >= 11 is 3.29. The number of nitriles is 1. The highest BCUT2D eigenvalue weighted by Gasteiger charge is 2.40. The molecule has 1 fully saturated rings. The Labute approximate surface area is 329 Å². The van der Waals surface area contributed by atoms with Crippen LogP contribution in [-0.2, 0) is 12.8 Å². The van der Waals surface area contributed by atoms with E-state index in [4.69, 9.17) is 11.0 Å². The predicted molar refractivity (Wildman–Crippen MR) is 203 cm³/mol. The van der Waals surface area contributed by atoms with Crippen molar-refractivity contribution in [2.75, 3.05) is 5.32 Å². The molecule has 0 saturated heterocycles. The molecule has 0 unspecified atom stereocenters. The Morgan fingerprint density at radius 3 is 1.79 bits per heavy atom. The van der Waals surface area contributed by atoms with Gasteiger partial charge in [0.05, 0.1) is 51.1 Å². The van der Waals surface area contributed by atoms with Crippen LogP contribution in [0.25, 0.3) is 11.4 Å². The lowest BCUT2D eigenvalue weighted by atomic mass is 9.75. The molecule has 1 amide bonds. The van der Waals surface area contributed by atoms with E-state index in [1.807, 2.05) is 33.8 Å². The molecule has 0 atom stereocenters. The summed E-state index contributed by atoms with van der Waals surface area (Å²) in [4.78, 5) is 37.1. The molecule has 1 saturated carbocycles. The van der Waals surface area contributed by atoms with Crippen molar-refractivity contribution in [2.24, 2.45) is 16.6 Å². The average molecular weight is 841 g/mol. The SMILES string of the molecule is CC1(C)CC(=O)c2c(C(F)F)nn(-c3ccc(C#N)c(Br)c3)c2C1.CC1(C)CC(=O)c2c(C(F)F)nn(-c3ccc(C(N)=O)c(NC4CCC(O)CC4)c3)c2C1. The number of nitrogens with two attached hydrogens (primary N) is 1. The maximum Gasteiger partial charge on any atom is 0.282 e. The molecule has 0 radical (unpaired) electrons. The molecule has 56 heavy (non-hydrogen) atoms. The van der Waals surface area contributed by atoms with Gasteiger partial charge in [-0.05, 0) is 102 Å². The molecule has 4 aromatic rings. The Kier molecular flexibility index (Phi) is 11.3. The number of nitrogens with zero attached hydrogens (tertiary/aromatic N) is 5. The first-order valence-corrected chi connectivity index (χ1v) is 19.0. The van der Waals surface area contributed by atoms with Gasteiger partial charge in [-0.1, -0.05) is 27.7 Å². The van der Waals surface area contributed by atoms with E-state index in [2.05, 4.69) is 31.4 Å². The van der Waals surface area contributed by atoms with Crippen LogP contribution in [0.15, 0.2) is 40.9 Å². The van der Waals surface area contributed by atoms with Crippen LogP contribution in [-0.4, -0.2) is 54.3 Å². The summed E-state index contributed by atoms with van der Waals surface area (Å²) in [7, 11) is 0. The van der Waals surface area contributed by atoms with Gasteiger partial charge in [-0.2, -0.15) is 15.5 Å². The summed E-state index contributed by atoms with van der Waals surface area (Å²) in [5.41, 5.74) is 7.12. The summed E-state index contributed by atoms with van der Waals surface area (Å²) in [6, 6.07) is 11.8. The van der Waals surface area contributed by atoms with Crippen molar-refractivity contribution in [2.45, 2.75) is 104 Å². The zero-order chi connectivity index (χ0) is 40.9. The lowest BCUT2D eigenvalue weighted by molar-refractivity contribution is 0.0889. The van der Waals surface area contributed by atoms with Crippen LogP contribution in [0.1, 0.15) is 138 Å². The Morgan fingerprint density at radius 2 is 1.34 bits per heavy atom. The number of fused-ring (bicyclic) bond motifs is 2. The van der Waals surface area contributed by atoms with Gasteiger partial charge >= 0.3 is 0 Å². The smallest absolute Gasteiger partial charge is 0.282 e. The standard InChI is InChI=1S/C23H28F2N4O3.C17H14BrF2N3O/c1-23(2)10-17-19(18(31)11-23)20(21(24)25)28-29(17)13-5-8-15(22(26)32)16(9-13)27-12-3-6-14(30)7-4-12;1-17(2)6-12-14(13(24)7-17)15(16(19)20)22-23(12)10-4-3-9(8-21)11(18)5-10/h5,8-9,12,14,21,27,30H,3-4,6-7,10-11H2,1-2H3,(H2,26,32);3-5,16H,6-7H2,1-2H3. The Morgan fingerprint density at radius 1 is 0.857 bits per heavy atom. The largest absolute Gasteiger partial charge is 0.393 e. The summed E-state index contributed by atoms with van der Waals surface area (Å²) < 4.78 is 57.5. The number of ketones is 2. The zero-order valence-corrected chi connectivity index (χ0v) is 32.9. The maximum absolute atomic E-state index is 13.7. The lowest BCUT2D eigenvalue weighted by Gasteiger charge is -2.29. The van der Waals surface area contributed by atoms with Crippen LogP contribution in [0.3, 0.4) is 0 Å². The number of halogens is 5. The number of benzene rings is 2. The van der Waals surface area contributed by atoms with Gasteiger partial charge in [0, 0.05) is 29.0 Å². The van der Waals surface area contributed by atoms with Gasteiger partial charge in [0.2, 0.25) is 0 Å². The number of hydrogen-bond donors (Lipinski definition) is 3. The molecule has 3 aliphatic rings. The van der Waals surface area contributed by atoms with Gasteiger partial charge in [-0.25, -0.2) is 26.9 Å². The van der Waals surface area contributed by atoms with E-state index < -0.39 is 30.1 Å². The van der Waals surface area contributed by atoms with E-state index in [1.165, 1.54) is 9.36 Å². The highest BCUT2D eigenvalue weighted by atomic mass is 79.9. The monoisotopic (exact) mass is 839 g/mol. The van der Waals surface area contributed by atoms with Gasteiger partial charge < -0.3 is 16.2 Å². The number of aliphatic hydroxyl groups excluding tert-OH is 1. The molecule has 4 N–H and O–H groups in total. The molecule has 2 aromatic heterocycles. The molecule has 16 heteroatoms. The van der Waals surface area contributed by atoms with Crippen molar-refractivity contribution in [1.29, 1.82) is 5.26 Å². The number of primary amides is 1. The first kappa shape index (κ1) is 40.8. The maximum atomic E-state index is 13.7. The van der Waals surface area contributed by atoms with Crippen molar-refractivity contribution < 1.29 is 37.1 Å². The second-order valence-corrected chi connectivity index (χ2v) is 17.1. The van der Waals surface area contributed by atoms with Crippen LogP contribution in [0.4, 0.5) is 23.2 Å². The number of hydrogen-bond acceptors (Lipinski definition) is 8. The lowest BCUT2D eigenvalue weighted by Crippen LogP contribution is -2.29. The van der Waals surface area contributed by atoms with Crippen molar-refractivity contribution in [3.8, 4) is 17.4 Å². The van der Waals surface area contributed by atoms with Crippen LogP contribution in [0, 0.1) is 22.2 Å². The Bertz CT molecular complexity index is 2250. The van der Waals surface area contributed by atoms with E-state index in [1.54, 1.807) is 36.4 Å². The minimum atomic E-state index is -2.87. The molecular formula is C40H42BrF4N7O4. The molecule has 2 aromatic carbocycles. The summed E-state index contributed by atoms with van der Waals surface area (Å²) in [5.74, 6) is -1.23. The molecule has 11 nitrogen and oxygen atoms in total. The fourth-order valence-electron chi connectivity index (χ4n) is 7.85. The predicted octanol–water partition coefficient (Wildman–Crippen LogP) is 8.38. The minimum Gasteiger partial charge on any atom is -0.393 e. The van der Waals surface area contributed by atoms with Crippen molar-refractivity contribution in [1.82, 2.24) is 19.6 Å². The number of aromatic nitrogens is 4. The summed E-state index contributed by atoms with van der Waals surface area (Å²) in [6.45, 7) is 7.71. The number of carbonyl (C=O) groups excluding carboxylic acids is 3. The van der Waals surface area contributed by atoms with Gasteiger partial charge in [-0.3, -0.25) is 14.4 Å². The number of Topliss-reactive ketones (excluding diaryl/α,β-unsaturated/α-hetero) is 2. The minimum absolute atomic E-state index is 0.00841. The molecule has 0 spiro atoms. The molecule has 296 valence electrons. The van der Waals surface area contributed by atoms with E-state index >= 15 is 0 Å². The molecule has 3 aliphatic carbocycles. The third-order valence-corrected chi connectivity index (χ3v) is 11.1. The van der Waals surface area contributed by atoms with E-state index in [0.717, 1.165) is 12.8 Å².